The predicted molar refractivity (Wildman–Crippen MR) is 149 cm³/mol. The zero-order valence-corrected chi connectivity index (χ0v) is 25.6. The summed E-state index contributed by atoms with van der Waals surface area (Å²) in [5.74, 6) is -1.27. The average Bonchev–Trinajstić information content (AvgIpc) is 3.49. The molecule has 0 unspecified atom stereocenters. The Bertz CT molecular complexity index is 1300. The third kappa shape index (κ3) is 5.15. The van der Waals surface area contributed by atoms with E-state index in [0.717, 1.165) is 24.2 Å². The number of carbonyl (C=O) groups is 3. The number of Topliss-reactive ketones (excluding diaryl/α,β-unsaturated/α-hetero) is 1. The number of nitrogens with zero attached hydrogens (tertiary/aromatic N) is 2. The molecule has 3 aliphatic carbocycles. The molecule has 12 heteroatoms. The van der Waals surface area contributed by atoms with Crippen molar-refractivity contribution in [2.45, 2.75) is 96.1 Å². The zero-order valence-electron chi connectivity index (χ0n) is 23.9. The van der Waals surface area contributed by atoms with Crippen LogP contribution < -0.4 is 5.32 Å². The standard InChI is InChI=1S/C28H41N3O7S2/c1-7-26(5)15-20(27(6)16(2)10-12-28(17(3)23(26)34)13-11-19(32)22(27)28)38-24(35)29-21(33)9-8-14-40(36,37)25-31-30-18(4)39-25/h7,16-17,20,22-23,34H,1,8-15H2,2-6H3,(H,29,33,35)/t16-,17+,20-,22+,23+,26-,27+,28+/m1/s1. The van der Waals surface area contributed by atoms with E-state index in [4.69, 9.17) is 4.74 Å². The maximum Gasteiger partial charge on any atom is 0.414 e. The van der Waals surface area contributed by atoms with Crippen molar-refractivity contribution in [2.75, 3.05) is 5.75 Å². The number of nitrogens with one attached hydrogen (secondary N) is 1. The van der Waals surface area contributed by atoms with Gasteiger partial charge < -0.3 is 9.84 Å². The van der Waals surface area contributed by atoms with Crippen LogP contribution >= 0.6 is 11.3 Å². The molecule has 3 saturated carbocycles. The van der Waals surface area contributed by atoms with Crippen molar-refractivity contribution in [3.8, 4) is 0 Å². The highest BCUT2D eigenvalue weighted by Gasteiger charge is 2.68. The van der Waals surface area contributed by atoms with Gasteiger partial charge in [0.1, 0.15) is 16.9 Å². The van der Waals surface area contributed by atoms with Gasteiger partial charge in [0.05, 0.1) is 11.9 Å². The molecule has 1 heterocycles. The maximum absolute atomic E-state index is 13.5. The molecule has 1 aromatic rings. The fourth-order valence-electron chi connectivity index (χ4n) is 7.75. The Balaban J connectivity index is 1.51. The minimum absolute atomic E-state index is 0.00400. The monoisotopic (exact) mass is 595 g/mol. The first-order valence-electron chi connectivity index (χ1n) is 14.0. The number of hydrogen-bond acceptors (Lipinski definition) is 10. The summed E-state index contributed by atoms with van der Waals surface area (Å²) in [5.41, 5.74) is -1.88. The Hall–Kier alpha value is -2.18. The molecule has 0 aromatic carbocycles. The molecule has 1 aromatic heterocycles. The molecule has 3 fully saturated rings. The number of imide groups is 1. The molecule has 0 saturated heterocycles. The normalized spacial score (nSPS) is 37.6. The van der Waals surface area contributed by atoms with E-state index in [9.17, 15) is 27.9 Å². The van der Waals surface area contributed by atoms with Crippen LogP contribution in [-0.4, -0.2) is 59.5 Å². The number of aromatic nitrogens is 2. The lowest BCUT2D eigenvalue weighted by Crippen LogP contribution is -2.63. The summed E-state index contributed by atoms with van der Waals surface area (Å²) < 4.78 is 30.7. The summed E-state index contributed by atoms with van der Waals surface area (Å²) in [6, 6.07) is 0. The highest BCUT2D eigenvalue weighted by molar-refractivity contribution is 7.93. The number of hydrogen-bond donors (Lipinski definition) is 2. The zero-order chi connectivity index (χ0) is 29.7. The molecule has 8 atom stereocenters. The third-order valence-electron chi connectivity index (χ3n) is 10.4. The summed E-state index contributed by atoms with van der Waals surface area (Å²) in [6.07, 6.45) is 2.07. The van der Waals surface area contributed by atoms with Gasteiger partial charge in [-0.2, -0.15) is 0 Å². The summed E-state index contributed by atoms with van der Waals surface area (Å²) in [7, 11) is -3.67. The van der Waals surface area contributed by atoms with Crippen molar-refractivity contribution in [1.29, 1.82) is 0 Å². The van der Waals surface area contributed by atoms with E-state index in [1.165, 1.54) is 0 Å². The molecule has 2 N–H and O–H groups in total. The number of rotatable bonds is 7. The molecule has 0 aliphatic heterocycles. The molecule has 2 bridgehead atoms. The number of sulfone groups is 1. The van der Waals surface area contributed by atoms with Gasteiger partial charge in [-0.25, -0.2) is 13.2 Å². The molecule has 0 radical (unpaired) electrons. The first-order chi connectivity index (χ1) is 18.6. The van der Waals surface area contributed by atoms with Crippen LogP contribution in [0.5, 0.6) is 0 Å². The second-order valence-electron chi connectivity index (χ2n) is 12.5. The summed E-state index contributed by atoms with van der Waals surface area (Å²) in [5, 5.41) is 21.7. The van der Waals surface area contributed by atoms with Gasteiger partial charge in [-0.15, -0.1) is 16.8 Å². The van der Waals surface area contributed by atoms with E-state index in [0.29, 0.717) is 17.8 Å². The Morgan fingerprint density at radius 1 is 1.25 bits per heavy atom. The Labute approximate surface area is 240 Å². The predicted octanol–water partition coefficient (Wildman–Crippen LogP) is 4.02. The molecule has 2 amide bonds. The molecule has 10 nitrogen and oxygen atoms in total. The number of aryl methyl sites for hydroxylation is 1. The van der Waals surface area contributed by atoms with E-state index in [2.05, 4.69) is 29.0 Å². The lowest BCUT2D eigenvalue weighted by Gasteiger charge is -2.61. The molecule has 222 valence electrons. The van der Waals surface area contributed by atoms with Crippen molar-refractivity contribution in [1.82, 2.24) is 15.5 Å². The highest BCUT2D eigenvalue weighted by Crippen LogP contribution is 2.68. The first-order valence-corrected chi connectivity index (χ1v) is 16.5. The van der Waals surface area contributed by atoms with Gasteiger partial charge in [-0.3, -0.25) is 14.9 Å². The van der Waals surface area contributed by atoms with E-state index in [1.807, 2.05) is 20.8 Å². The van der Waals surface area contributed by atoms with Gasteiger partial charge in [0.25, 0.3) is 0 Å². The van der Waals surface area contributed by atoms with Crippen molar-refractivity contribution < 1.29 is 32.6 Å². The second-order valence-corrected chi connectivity index (χ2v) is 16.0. The van der Waals surface area contributed by atoms with Crippen molar-refractivity contribution >= 4 is 39.0 Å². The number of aliphatic hydroxyl groups excluding tert-OH is 1. The first kappa shape index (κ1) is 30.8. The molecule has 4 rings (SSSR count). The number of alkyl carbamates (subject to hydrolysis) is 1. The van der Waals surface area contributed by atoms with Crippen LogP contribution in [0.1, 0.15) is 77.6 Å². The molecule has 0 spiro atoms. The van der Waals surface area contributed by atoms with Crippen LogP contribution in [0, 0.1) is 40.9 Å². The Kier molecular flexibility index (Phi) is 8.39. The van der Waals surface area contributed by atoms with Crippen LogP contribution in [0.4, 0.5) is 4.79 Å². The number of carbonyl (C=O) groups excluding carboxylic acids is 3. The van der Waals surface area contributed by atoms with Crippen LogP contribution in [-0.2, 0) is 24.2 Å². The minimum Gasteiger partial charge on any atom is -0.445 e. The fourth-order valence-corrected chi connectivity index (χ4v) is 10.2. The third-order valence-corrected chi connectivity index (χ3v) is 13.5. The van der Waals surface area contributed by atoms with E-state index >= 15 is 0 Å². The topological polar surface area (TPSA) is 153 Å². The smallest absolute Gasteiger partial charge is 0.414 e. The van der Waals surface area contributed by atoms with E-state index < -0.39 is 50.3 Å². The molecule has 3 aliphatic rings. The van der Waals surface area contributed by atoms with Crippen molar-refractivity contribution in [3.63, 3.8) is 0 Å². The van der Waals surface area contributed by atoms with Gasteiger partial charge in [0.2, 0.25) is 20.1 Å². The van der Waals surface area contributed by atoms with Crippen LogP contribution in [0.15, 0.2) is 17.0 Å². The van der Waals surface area contributed by atoms with Gasteiger partial charge in [0.15, 0.2) is 0 Å². The van der Waals surface area contributed by atoms with E-state index in [-0.39, 0.29) is 52.9 Å². The summed E-state index contributed by atoms with van der Waals surface area (Å²) in [4.78, 5) is 39.1. The van der Waals surface area contributed by atoms with Gasteiger partial charge >= 0.3 is 6.09 Å². The molecular formula is C28H41N3O7S2. The van der Waals surface area contributed by atoms with Crippen molar-refractivity contribution in [3.05, 3.63) is 17.7 Å². The largest absolute Gasteiger partial charge is 0.445 e. The van der Waals surface area contributed by atoms with E-state index in [1.54, 1.807) is 13.0 Å². The maximum atomic E-state index is 13.5. The van der Waals surface area contributed by atoms with Gasteiger partial charge in [-0.1, -0.05) is 45.1 Å². The SMILES string of the molecule is C=C[C@]1(C)C[C@@H](OC(=O)NC(=O)CCCS(=O)(=O)c2nnc(C)s2)[C@]2(C)[C@H](C)CC[C@]3(CCC(=O)[C@H]32)[C@@H](C)[C@@H]1O. The number of ether oxygens (including phenoxy) is 1. The van der Waals surface area contributed by atoms with Crippen molar-refractivity contribution in [2.24, 2.45) is 34.0 Å². The van der Waals surface area contributed by atoms with Gasteiger partial charge in [-0.05, 0) is 56.3 Å². The average molecular weight is 596 g/mol. The number of ketones is 1. The van der Waals surface area contributed by atoms with Crippen LogP contribution in [0.25, 0.3) is 0 Å². The fraction of sp³-hybridized carbons (Fsp3) is 0.750. The van der Waals surface area contributed by atoms with Gasteiger partial charge in [0, 0.05) is 29.6 Å². The van der Waals surface area contributed by atoms with Crippen LogP contribution in [0.3, 0.4) is 0 Å². The quantitative estimate of drug-likeness (QED) is 0.445. The Morgan fingerprint density at radius 3 is 2.58 bits per heavy atom. The molecule has 40 heavy (non-hydrogen) atoms. The molecular weight excluding hydrogens is 554 g/mol. The summed E-state index contributed by atoms with van der Waals surface area (Å²) >= 11 is 0.968. The summed E-state index contributed by atoms with van der Waals surface area (Å²) in [6.45, 7) is 13.7. The Morgan fingerprint density at radius 2 is 1.95 bits per heavy atom. The lowest BCUT2D eigenvalue weighted by atomic mass is 9.44. The minimum atomic E-state index is -3.67. The lowest BCUT2D eigenvalue weighted by molar-refractivity contribution is -0.191. The van der Waals surface area contributed by atoms with Crippen LogP contribution in [0.2, 0.25) is 0 Å². The number of aliphatic hydroxyl groups is 1. The number of amides is 2. The second kappa shape index (κ2) is 10.9. The highest BCUT2D eigenvalue weighted by atomic mass is 32.2.